The second kappa shape index (κ2) is 6.23. The van der Waals surface area contributed by atoms with Crippen molar-refractivity contribution in [2.24, 2.45) is 5.92 Å². The first-order chi connectivity index (χ1) is 6.45. The third kappa shape index (κ3) is 3.45. The lowest BCUT2D eigenvalue weighted by molar-refractivity contribution is 0.191. The molecule has 0 aromatic carbocycles. The molecule has 0 fully saturated rings. The summed E-state index contributed by atoms with van der Waals surface area (Å²) < 4.78 is 0. The van der Waals surface area contributed by atoms with Gasteiger partial charge in [-0.1, -0.05) is 39.8 Å². The summed E-state index contributed by atoms with van der Waals surface area (Å²) in [7, 11) is 2.22. The van der Waals surface area contributed by atoms with Crippen molar-refractivity contribution < 1.29 is 0 Å². The summed E-state index contributed by atoms with van der Waals surface area (Å²) in [6.07, 6.45) is 2.37. The van der Waals surface area contributed by atoms with Gasteiger partial charge in [-0.15, -0.1) is 0 Å². The van der Waals surface area contributed by atoms with Crippen molar-refractivity contribution >= 4 is 0 Å². The molecule has 0 bridgehead atoms. The molecule has 0 N–H and O–H groups in total. The highest BCUT2D eigenvalue weighted by Crippen LogP contribution is 2.21. The van der Waals surface area contributed by atoms with Gasteiger partial charge in [-0.25, -0.2) is 0 Å². The van der Waals surface area contributed by atoms with Gasteiger partial charge in [-0.2, -0.15) is 0 Å². The molecule has 0 spiro atoms. The van der Waals surface area contributed by atoms with Crippen molar-refractivity contribution in [3.63, 3.8) is 0 Å². The fraction of sp³-hybridized carbons (Fsp3) is 0.846. The van der Waals surface area contributed by atoms with Crippen molar-refractivity contribution in [3.05, 3.63) is 12.2 Å². The minimum Gasteiger partial charge on any atom is -0.297 e. The molecule has 2 atom stereocenters. The number of nitrogens with zero attached hydrogens (tertiary/aromatic N) is 1. The molecule has 0 amide bonds. The van der Waals surface area contributed by atoms with Gasteiger partial charge in [0.05, 0.1) is 0 Å². The lowest BCUT2D eigenvalue weighted by Crippen LogP contribution is -2.40. The Hall–Kier alpha value is -0.300. The molecule has 0 saturated carbocycles. The van der Waals surface area contributed by atoms with Crippen LogP contribution in [0, 0.1) is 5.92 Å². The summed E-state index contributed by atoms with van der Waals surface area (Å²) in [6, 6.07) is 1.19. The zero-order chi connectivity index (χ0) is 11.3. The van der Waals surface area contributed by atoms with Gasteiger partial charge in [-0.05, 0) is 32.7 Å². The van der Waals surface area contributed by atoms with E-state index in [0.29, 0.717) is 18.0 Å². The molecule has 0 saturated heterocycles. The van der Waals surface area contributed by atoms with E-state index < -0.39 is 0 Å². The van der Waals surface area contributed by atoms with Crippen LogP contribution in [0.3, 0.4) is 0 Å². The van der Waals surface area contributed by atoms with Crippen molar-refractivity contribution in [2.45, 2.75) is 59.5 Å². The van der Waals surface area contributed by atoms with E-state index in [2.05, 4.69) is 53.1 Å². The number of hydrogen-bond donors (Lipinski definition) is 0. The van der Waals surface area contributed by atoms with Crippen molar-refractivity contribution in [3.8, 4) is 0 Å². The third-order valence-corrected chi connectivity index (χ3v) is 3.33. The van der Waals surface area contributed by atoms with E-state index in [1.54, 1.807) is 0 Å². The highest BCUT2D eigenvalue weighted by atomic mass is 15.2. The maximum Gasteiger partial charge on any atom is 0.0304 e. The Labute approximate surface area is 90.2 Å². The number of hydrogen-bond acceptors (Lipinski definition) is 1. The van der Waals surface area contributed by atoms with E-state index in [1.807, 2.05) is 0 Å². The quantitative estimate of drug-likeness (QED) is 0.587. The molecule has 84 valence electrons. The highest BCUT2D eigenvalue weighted by molar-refractivity contribution is 5.08. The average Bonchev–Trinajstić information content (AvgIpc) is 2.17. The predicted octanol–water partition coefficient (Wildman–Crippen LogP) is 3.71. The van der Waals surface area contributed by atoms with Gasteiger partial charge in [0, 0.05) is 12.1 Å². The fourth-order valence-electron chi connectivity index (χ4n) is 1.79. The van der Waals surface area contributed by atoms with Crippen molar-refractivity contribution in [1.82, 2.24) is 4.90 Å². The van der Waals surface area contributed by atoms with Crippen LogP contribution in [0.2, 0.25) is 0 Å². The molecule has 14 heavy (non-hydrogen) atoms. The first-order valence-corrected chi connectivity index (χ1v) is 5.86. The van der Waals surface area contributed by atoms with E-state index >= 15 is 0 Å². The first-order valence-electron chi connectivity index (χ1n) is 5.86. The van der Waals surface area contributed by atoms with Crippen LogP contribution in [-0.4, -0.2) is 24.0 Å². The Bertz CT molecular complexity index is 172. The standard InChI is InChI=1S/C13H27N/c1-8-11(5)14(7)13(9-2)12(6)10(3)4/h10-11,13H,6,8-9H2,1-5,7H3. The van der Waals surface area contributed by atoms with E-state index in [4.69, 9.17) is 0 Å². The molecule has 2 unspecified atom stereocenters. The van der Waals surface area contributed by atoms with E-state index in [0.717, 1.165) is 6.42 Å². The van der Waals surface area contributed by atoms with Gasteiger partial charge in [-0.3, -0.25) is 4.90 Å². The summed E-state index contributed by atoms with van der Waals surface area (Å²) >= 11 is 0. The van der Waals surface area contributed by atoms with Crippen LogP contribution in [0.25, 0.3) is 0 Å². The largest absolute Gasteiger partial charge is 0.297 e. The van der Waals surface area contributed by atoms with Crippen molar-refractivity contribution in [1.29, 1.82) is 0 Å². The molecule has 0 radical (unpaired) electrons. The summed E-state index contributed by atoms with van der Waals surface area (Å²) in [5.74, 6) is 0.589. The van der Waals surface area contributed by atoms with Crippen LogP contribution >= 0.6 is 0 Å². The zero-order valence-corrected chi connectivity index (χ0v) is 10.8. The minimum atomic E-state index is 0.546. The molecule has 0 aromatic rings. The lowest BCUT2D eigenvalue weighted by atomic mass is 9.93. The molecule has 0 aliphatic carbocycles. The van der Waals surface area contributed by atoms with E-state index in [-0.39, 0.29) is 0 Å². The molecular formula is C13H27N. The second-order valence-electron chi connectivity index (χ2n) is 4.58. The van der Waals surface area contributed by atoms with Crippen LogP contribution in [0.5, 0.6) is 0 Å². The van der Waals surface area contributed by atoms with Gasteiger partial charge in [0.25, 0.3) is 0 Å². The van der Waals surface area contributed by atoms with Gasteiger partial charge in [0.15, 0.2) is 0 Å². The Morgan fingerprint density at radius 1 is 1.14 bits per heavy atom. The van der Waals surface area contributed by atoms with Crippen LogP contribution in [0.1, 0.15) is 47.5 Å². The predicted molar refractivity (Wildman–Crippen MR) is 65.6 cm³/mol. The Kier molecular flexibility index (Phi) is 6.10. The molecule has 1 nitrogen and oxygen atoms in total. The van der Waals surface area contributed by atoms with Gasteiger partial charge < -0.3 is 0 Å². The normalized spacial score (nSPS) is 16.0. The summed E-state index contributed by atoms with van der Waals surface area (Å²) in [5.41, 5.74) is 1.37. The molecule has 0 aromatic heterocycles. The lowest BCUT2D eigenvalue weighted by Gasteiger charge is -2.34. The topological polar surface area (TPSA) is 3.24 Å². The van der Waals surface area contributed by atoms with Gasteiger partial charge >= 0.3 is 0 Å². The first kappa shape index (κ1) is 13.7. The Morgan fingerprint density at radius 2 is 1.64 bits per heavy atom. The highest BCUT2D eigenvalue weighted by Gasteiger charge is 2.21. The zero-order valence-electron chi connectivity index (χ0n) is 10.8. The smallest absolute Gasteiger partial charge is 0.0304 e. The number of rotatable bonds is 6. The van der Waals surface area contributed by atoms with Crippen LogP contribution in [0.4, 0.5) is 0 Å². The van der Waals surface area contributed by atoms with Crippen LogP contribution in [0.15, 0.2) is 12.2 Å². The van der Waals surface area contributed by atoms with Crippen LogP contribution in [-0.2, 0) is 0 Å². The number of likely N-dealkylation sites (N-methyl/N-ethyl adjacent to an activating group) is 1. The van der Waals surface area contributed by atoms with E-state index in [1.165, 1.54) is 12.0 Å². The molecular weight excluding hydrogens is 170 g/mol. The molecule has 0 aliphatic rings. The monoisotopic (exact) mass is 197 g/mol. The molecule has 0 aliphatic heterocycles. The summed E-state index contributed by atoms with van der Waals surface area (Å²) in [4.78, 5) is 2.46. The Balaban J connectivity index is 4.47. The van der Waals surface area contributed by atoms with Crippen LogP contribution < -0.4 is 0 Å². The van der Waals surface area contributed by atoms with E-state index in [9.17, 15) is 0 Å². The average molecular weight is 197 g/mol. The fourth-order valence-corrected chi connectivity index (χ4v) is 1.79. The summed E-state index contributed by atoms with van der Waals surface area (Å²) in [5, 5.41) is 0. The SMILES string of the molecule is C=C(C(C)C)C(CC)N(C)C(C)CC. The maximum atomic E-state index is 4.22. The van der Waals surface area contributed by atoms with Gasteiger partial charge in [0.2, 0.25) is 0 Å². The van der Waals surface area contributed by atoms with Crippen molar-refractivity contribution in [2.75, 3.05) is 7.05 Å². The maximum absolute atomic E-state index is 4.22. The molecule has 0 rings (SSSR count). The third-order valence-electron chi connectivity index (χ3n) is 3.33. The Morgan fingerprint density at radius 3 is 1.93 bits per heavy atom. The molecule has 1 heteroatoms. The minimum absolute atomic E-state index is 0.546. The second-order valence-corrected chi connectivity index (χ2v) is 4.58. The molecule has 0 heterocycles. The summed E-state index contributed by atoms with van der Waals surface area (Å²) in [6.45, 7) is 15.5. The van der Waals surface area contributed by atoms with Gasteiger partial charge in [0.1, 0.15) is 0 Å².